The van der Waals surface area contributed by atoms with Crippen LogP contribution in [0.3, 0.4) is 0 Å². The van der Waals surface area contributed by atoms with Gasteiger partial charge in [0.2, 0.25) is 5.91 Å². The summed E-state index contributed by atoms with van der Waals surface area (Å²) in [4.78, 5) is 28.9. The summed E-state index contributed by atoms with van der Waals surface area (Å²) in [5, 5.41) is 8.80. The van der Waals surface area contributed by atoms with Crippen LogP contribution in [0, 0.1) is 5.92 Å². The van der Waals surface area contributed by atoms with Gasteiger partial charge in [0, 0.05) is 31.0 Å². The first kappa shape index (κ1) is 22.0. The number of benzene rings is 1. The van der Waals surface area contributed by atoms with Crippen molar-refractivity contribution in [1.29, 1.82) is 0 Å². The first-order valence-electron chi connectivity index (χ1n) is 10.5. The molecule has 2 amide bonds. The zero-order valence-electron chi connectivity index (χ0n) is 17.5. The van der Waals surface area contributed by atoms with E-state index in [-0.39, 0.29) is 30.3 Å². The summed E-state index contributed by atoms with van der Waals surface area (Å²) >= 11 is 8.07. The molecule has 31 heavy (non-hydrogen) atoms. The lowest BCUT2D eigenvalue weighted by Crippen LogP contribution is -2.46. The number of thiophene rings is 1. The van der Waals surface area contributed by atoms with Crippen LogP contribution < -0.4 is 0 Å². The Bertz CT molecular complexity index is 959. The highest BCUT2D eigenvalue weighted by Gasteiger charge is 2.37. The molecule has 4 rings (SSSR count). The van der Waals surface area contributed by atoms with Crippen molar-refractivity contribution in [3.63, 3.8) is 0 Å². The Balaban J connectivity index is 1.58. The van der Waals surface area contributed by atoms with Crippen LogP contribution in [-0.2, 0) is 14.3 Å². The van der Waals surface area contributed by atoms with Crippen molar-refractivity contribution in [3.8, 4) is 0 Å². The van der Waals surface area contributed by atoms with Gasteiger partial charge in [0.05, 0.1) is 23.2 Å². The van der Waals surface area contributed by atoms with E-state index in [1.807, 2.05) is 41.8 Å². The number of hydrogen-bond acceptors (Lipinski definition) is 5. The predicted molar refractivity (Wildman–Crippen MR) is 122 cm³/mol. The fraction of sp³-hybridized carbons (Fsp3) is 0.435. The minimum atomic E-state index is -0.290. The third-order valence-electron chi connectivity index (χ3n) is 5.89. The molecule has 1 aromatic heterocycles. The minimum absolute atomic E-state index is 0.0130. The molecular formula is C23H26ClN3O3S. The Morgan fingerprint density at radius 2 is 2.06 bits per heavy atom. The van der Waals surface area contributed by atoms with E-state index < -0.39 is 0 Å². The van der Waals surface area contributed by atoms with Crippen LogP contribution in [0.25, 0.3) is 0 Å². The van der Waals surface area contributed by atoms with Gasteiger partial charge in [-0.25, -0.2) is 5.01 Å². The topological polar surface area (TPSA) is 62.2 Å². The highest BCUT2D eigenvalue weighted by atomic mass is 35.5. The quantitative estimate of drug-likeness (QED) is 0.589. The Morgan fingerprint density at radius 3 is 2.71 bits per heavy atom. The summed E-state index contributed by atoms with van der Waals surface area (Å²) in [6.45, 7) is 0.772. The van der Waals surface area contributed by atoms with Crippen LogP contribution in [0.1, 0.15) is 42.2 Å². The standard InChI is InChI=1S/C23H26ClN3O3S/c1-30-12-11-26(23(29)16-6-4-7-16)15-22(28)27-20(17-8-2-3-9-18(17)24)14-19(25-27)21-10-5-13-31-21/h2-3,5,8-10,13,16,20H,4,6-7,11-12,14-15H2,1H3. The molecular weight excluding hydrogens is 434 g/mol. The number of carbonyl (C=O) groups excluding carboxylic acids is 2. The number of nitrogens with zero attached hydrogens (tertiary/aromatic N) is 3. The van der Waals surface area contributed by atoms with Crippen LogP contribution in [0.15, 0.2) is 46.9 Å². The van der Waals surface area contributed by atoms with Crippen molar-refractivity contribution in [2.24, 2.45) is 11.0 Å². The summed E-state index contributed by atoms with van der Waals surface area (Å²) in [5.41, 5.74) is 1.73. The van der Waals surface area contributed by atoms with Gasteiger partial charge in [-0.3, -0.25) is 9.59 Å². The first-order chi connectivity index (χ1) is 15.1. The zero-order chi connectivity index (χ0) is 21.8. The molecule has 0 radical (unpaired) electrons. The number of hydrazone groups is 1. The summed E-state index contributed by atoms with van der Waals surface area (Å²) in [5.74, 6) is -0.152. The second-order valence-corrected chi connectivity index (χ2v) is 9.24. The van der Waals surface area contributed by atoms with Crippen LogP contribution in [-0.4, -0.2) is 54.2 Å². The molecule has 1 unspecified atom stereocenters. The fourth-order valence-corrected chi connectivity index (χ4v) is 4.92. The summed E-state index contributed by atoms with van der Waals surface area (Å²) in [6.07, 6.45) is 3.44. The first-order valence-corrected chi connectivity index (χ1v) is 11.8. The van der Waals surface area contributed by atoms with Gasteiger partial charge >= 0.3 is 0 Å². The largest absolute Gasteiger partial charge is 0.383 e. The molecule has 1 fully saturated rings. The van der Waals surface area contributed by atoms with Crippen LogP contribution in [0.4, 0.5) is 0 Å². The van der Waals surface area contributed by atoms with E-state index >= 15 is 0 Å². The van der Waals surface area contributed by atoms with Crippen molar-refractivity contribution in [2.75, 3.05) is 26.8 Å². The Hall–Kier alpha value is -2.22. The van der Waals surface area contributed by atoms with Gasteiger partial charge < -0.3 is 9.64 Å². The number of rotatable bonds is 8. The number of halogens is 1. The van der Waals surface area contributed by atoms with Gasteiger partial charge in [-0.1, -0.05) is 42.3 Å². The molecule has 1 atom stereocenters. The molecule has 0 saturated heterocycles. The summed E-state index contributed by atoms with van der Waals surface area (Å²) < 4.78 is 5.17. The average molecular weight is 460 g/mol. The Kier molecular flexibility index (Phi) is 7.05. The maximum Gasteiger partial charge on any atom is 0.262 e. The smallest absolute Gasteiger partial charge is 0.262 e. The van der Waals surface area contributed by atoms with Crippen LogP contribution >= 0.6 is 22.9 Å². The molecule has 0 N–H and O–H groups in total. The average Bonchev–Trinajstić information content (AvgIpc) is 3.39. The predicted octanol–water partition coefficient (Wildman–Crippen LogP) is 4.35. The zero-order valence-corrected chi connectivity index (χ0v) is 19.1. The lowest BCUT2D eigenvalue weighted by molar-refractivity contribution is -0.146. The fourth-order valence-electron chi connectivity index (χ4n) is 3.94. The molecule has 2 heterocycles. The van der Waals surface area contributed by atoms with E-state index in [1.165, 1.54) is 5.01 Å². The van der Waals surface area contributed by atoms with Crippen molar-refractivity contribution in [1.82, 2.24) is 9.91 Å². The van der Waals surface area contributed by atoms with E-state index in [1.54, 1.807) is 23.3 Å². The number of methoxy groups -OCH3 is 1. The third-order valence-corrected chi connectivity index (χ3v) is 7.16. The molecule has 1 aliphatic carbocycles. The molecule has 8 heteroatoms. The maximum absolute atomic E-state index is 13.4. The van der Waals surface area contributed by atoms with Gasteiger partial charge in [0.15, 0.2) is 0 Å². The minimum Gasteiger partial charge on any atom is -0.383 e. The molecule has 0 bridgehead atoms. The number of hydrogen-bond donors (Lipinski definition) is 0. The number of carbonyl (C=O) groups is 2. The van der Waals surface area contributed by atoms with Gasteiger partial charge in [0.1, 0.15) is 6.54 Å². The van der Waals surface area contributed by atoms with Gasteiger partial charge in [0.25, 0.3) is 5.91 Å². The Morgan fingerprint density at radius 1 is 1.26 bits per heavy atom. The van der Waals surface area contributed by atoms with Crippen molar-refractivity contribution >= 4 is 40.5 Å². The molecule has 6 nitrogen and oxygen atoms in total. The molecule has 0 spiro atoms. The normalized spacial score (nSPS) is 18.6. The van der Waals surface area contributed by atoms with E-state index in [2.05, 4.69) is 5.10 Å². The highest BCUT2D eigenvalue weighted by Crippen LogP contribution is 2.37. The second kappa shape index (κ2) is 9.94. The molecule has 2 aliphatic rings. The Labute approximate surface area is 191 Å². The van der Waals surface area contributed by atoms with E-state index in [0.717, 1.165) is 35.4 Å². The number of amides is 2. The van der Waals surface area contributed by atoms with E-state index in [4.69, 9.17) is 16.3 Å². The van der Waals surface area contributed by atoms with Crippen LogP contribution in [0.5, 0.6) is 0 Å². The van der Waals surface area contributed by atoms with Crippen molar-refractivity contribution < 1.29 is 14.3 Å². The molecule has 164 valence electrons. The molecule has 1 aromatic carbocycles. The molecule has 1 aliphatic heterocycles. The van der Waals surface area contributed by atoms with Gasteiger partial charge in [-0.05, 0) is 35.9 Å². The van der Waals surface area contributed by atoms with Gasteiger partial charge in [-0.15, -0.1) is 11.3 Å². The van der Waals surface area contributed by atoms with Crippen LogP contribution in [0.2, 0.25) is 5.02 Å². The highest BCUT2D eigenvalue weighted by molar-refractivity contribution is 7.12. The third kappa shape index (κ3) is 4.84. The molecule has 1 saturated carbocycles. The molecule has 2 aromatic rings. The lowest BCUT2D eigenvalue weighted by Gasteiger charge is -2.32. The van der Waals surface area contributed by atoms with Crippen molar-refractivity contribution in [3.05, 3.63) is 57.2 Å². The monoisotopic (exact) mass is 459 g/mol. The summed E-state index contributed by atoms with van der Waals surface area (Å²) in [7, 11) is 1.60. The van der Waals surface area contributed by atoms with Gasteiger partial charge in [-0.2, -0.15) is 5.10 Å². The SMILES string of the molecule is COCCN(CC(=O)N1N=C(c2cccs2)CC1c1ccccc1Cl)C(=O)C1CCC1. The second-order valence-electron chi connectivity index (χ2n) is 7.88. The summed E-state index contributed by atoms with van der Waals surface area (Å²) in [6, 6.07) is 11.2. The number of ether oxygens (including phenoxy) is 1. The lowest BCUT2D eigenvalue weighted by atomic mass is 9.84. The maximum atomic E-state index is 13.4. The van der Waals surface area contributed by atoms with E-state index in [0.29, 0.717) is 24.6 Å². The van der Waals surface area contributed by atoms with Crippen molar-refractivity contribution in [2.45, 2.75) is 31.7 Å². The van der Waals surface area contributed by atoms with E-state index in [9.17, 15) is 9.59 Å².